The molecule has 0 aromatic rings. The predicted molar refractivity (Wildman–Crippen MR) is 81.1 cm³/mol. The Hall–Kier alpha value is -0.0800. The average Bonchev–Trinajstić information content (AvgIpc) is 2.38. The number of hydrogen-bond acceptors (Lipinski definition) is 2. The van der Waals surface area contributed by atoms with Crippen LogP contribution >= 0.6 is 0 Å². The van der Waals surface area contributed by atoms with Crippen LogP contribution in [0.3, 0.4) is 0 Å². The van der Waals surface area contributed by atoms with E-state index < -0.39 is 0 Å². The molecule has 1 heterocycles. The summed E-state index contributed by atoms with van der Waals surface area (Å²) in [6.07, 6.45) is 11.1. The first-order chi connectivity index (χ1) is 8.76. The Labute approximate surface area is 115 Å². The fraction of sp³-hybridized carbons (Fsp3) is 1.00. The standard InChI is InChI=1S/C16H34N2/c1-4-6-7-8-9-11-15(3)17-16-12-10-13-18(5-2)14-16/h15-17H,4-14H2,1-3H3. The van der Waals surface area contributed by atoms with Crippen molar-refractivity contribution in [1.29, 1.82) is 0 Å². The van der Waals surface area contributed by atoms with Crippen molar-refractivity contribution in [3.05, 3.63) is 0 Å². The summed E-state index contributed by atoms with van der Waals surface area (Å²) in [6.45, 7) is 10.7. The molecule has 0 aliphatic carbocycles. The summed E-state index contributed by atoms with van der Waals surface area (Å²) in [6, 6.07) is 1.44. The molecule has 0 amide bonds. The Balaban J connectivity index is 2.06. The maximum Gasteiger partial charge on any atom is 0.0197 e. The number of likely N-dealkylation sites (tertiary alicyclic amines) is 1. The highest BCUT2D eigenvalue weighted by Crippen LogP contribution is 2.12. The Morgan fingerprint density at radius 1 is 1.17 bits per heavy atom. The molecule has 2 heteroatoms. The fourth-order valence-electron chi connectivity index (χ4n) is 3.02. The average molecular weight is 254 g/mol. The topological polar surface area (TPSA) is 15.3 Å². The number of nitrogens with one attached hydrogen (secondary N) is 1. The van der Waals surface area contributed by atoms with Crippen LogP contribution in [0.4, 0.5) is 0 Å². The lowest BCUT2D eigenvalue weighted by atomic mass is 10.0. The largest absolute Gasteiger partial charge is 0.310 e. The zero-order chi connectivity index (χ0) is 13.2. The van der Waals surface area contributed by atoms with Gasteiger partial charge in [-0.2, -0.15) is 0 Å². The van der Waals surface area contributed by atoms with Crippen molar-refractivity contribution in [3.8, 4) is 0 Å². The highest BCUT2D eigenvalue weighted by molar-refractivity contribution is 4.79. The van der Waals surface area contributed by atoms with E-state index in [0.717, 1.165) is 6.04 Å². The minimum absolute atomic E-state index is 0.702. The molecule has 0 bridgehead atoms. The molecule has 2 atom stereocenters. The second kappa shape index (κ2) is 9.80. The lowest BCUT2D eigenvalue weighted by Crippen LogP contribution is -2.48. The first-order valence-corrected chi connectivity index (χ1v) is 8.24. The number of unbranched alkanes of at least 4 members (excludes halogenated alkanes) is 4. The first kappa shape index (κ1) is 16.0. The van der Waals surface area contributed by atoms with Gasteiger partial charge in [0.05, 0.1) is 0 Å². The van der Waals surface area contributed by atoms with Gasteiger partial charge in [0.15, 0.2) is 0 Å². The number of nitrogens with zero attached hydrogens (tertiary/aromatic N) is 1. The molecule has 1 saturated heterocycles. The van der Waals surface area contributed by atoms with Gasteiger partial charge in [0, 0.05) is 18.6 Å². The Kier molecular flexibility index (Phi) is 8.70. The van der Waals surface area contributed by atoms with Gasteiger partial charge in [0.2, 0.25) is 0 Å². The third-order valence-electron chi connectivity index (χ3n) is 4.21. The van der Waals surface area contributed by atoms with Crippen LogP contribution in [0.2, 0.25) is 0 Å². The minimum atomic E-state index is 0.702. The summed E-state index contributed by atoms with van der Waals surface area (Å²) in [5.41, 5.74) is 0. The SMILES string of the molecule is CCCCCCCC(C)NC1CCCN(CC)C1. The van der Waals surface area contributed by atoms with Crippen molar-refractivity contribution in [3.63, 3.8) is 0 Å². The molecule has 1 aliphatic heterocycles. The van der Waals surface area contributed by atoms with Crippen LogP contribution < -0.4 is 5.32 Å². The Morgan fingerprint density at radius 3 is 2.67 bits per heavy atom. The lowest BCUT2D eigenvalue weighted by molar-refractivity contribution is 0.190. The minimum Gasteiger partial charge on any atom is -0.310 e. The Bertz CT molecular complexity index is 194. The van der Waals surface area contributed by atoms with Crippen LogP contribution in [0.5, 0.6) is 0 Å². The molecule has 18 heavy (non-hydrogen) atoms. The molecule has 1 fully saturated rings. The molecule has 108 valence electrons. The normalized spacial score (nSPS) is 23.2. The van der Waals surface area contributed by atoms with Crippen molar-refractivity contribution in [2.45, 2.75) is 84.2 Å². The van der Waals surface area contributed by atoms with Crippen LogP contribution in [-0.2, 0) is 0 Å². The van der Waals surface area contributed by atoms with Crippen LogP contribution in [0.15, 0.2) is 0 Å². The van der Waals surface area contributed by atoms with E-state index in [4.69, 9.17) is 0 Å². The van der Waals surface area contributed by atoms with E-state index in [-0.39, 0.29) is 0 Å². The molecular formula is C16H34N2. The van der Waals surface area contributed by atoms with E-state index in [2.05, 4.69) is 31.0 Å². The molecule has 0 aromatic carbocycles. The molecule has 0 aromatic heterocycles. The van der Waals surface area contributed by atoms with Crippen molar-refractivity contribution < 1.29 is 0 Å². The second-order valence-corrected chi connectivity index (χ2v) is 6.00. The smallest absolute Gasteiger partial charge is 0.0197 e. The monoisotopic (exact) mass is 254 g/mol. The first-order valence-electron chi connectivity index (χ1n) is 8.24. The molecule has 2 unspecified atom stereocenters. The summed E-state index contributed by atoms with van der Waals surface area (Å²) >= 11 is 0. The lowest BCUT2D eigenvalue weighted by Gasteiger charge is -2.34. The number of likely N-dealkylation sites (N-methyl/N-ethyl adjacent to an activating group) is 1. The van der Waals surface area contributed by atoms with E-state index >= 15 is 0 Å². The number of rotatable bonds is 9. The molecule has 2 nitrogen and oxygen atoms in total. The Morgan fingerprint density at radius 2 is 1.94 bits per heavy atom. The van der Waals surface area contributed by atoms with Gasteiger partial charge in [0.1, 0.15) is 0 Å². The predicted octanol–water partition coefficient (Wildman–Crippen LogP) is 3.81. The van der Waals surface area contributed by atoms with Crippen LogP contribution in [0, 0.1) is 0 Å². The zero-order valence-electron chi connectivity index (χ0n) is 12.9. The quantitative estimate of drug-likeness (QED) is 0.629. The van der Waals surface area contributed by atoms with Gasteiger partial charge >= 0.3 is 0 Å². The highest BCUT2D eigenvalue weighted by atomic mass is 15.2. The van der Waals surface area contributed by atoms with Gasteiger partial charge < -0.3 is 10.2 Å². The molecule has 1 aliphatic rings. The van der Waals surface area contributed by atoms with E-state index in [1.807, 2.05) is 0 Å². The van der Waals surface area contributed by atoms with Crippen molar-refractivity contribution in [1.82, 2.24) is 10.2 Å². The number of piperidine rings is 1. The summed E-state index contributed by atoms with van der Waals surface area (Å²) in [5, 5.41) is 3.83. The van der Waals surface area contributed by atoms with Crippen molar-refractivity contribution >= 4 is 0 Å². The van der Waals surface area contributed by atoms with Gasteiger partial charge in [-0.1, -0.05) is 46.0 Å². The summed E-state index contributed by atoms with van der Waals surface area (Å²) in [4.78, 5) is 2.58. The van der Waals surface area contributed by atoms with Crippen molar-refractivity contribution in [2.75, 3.05) is 19.6 Å². The van der Waals surface area contributed by atoms with Crippen molar-refractivity contribution in [2.24, 2.45) is 0 Å². The van der Waals surface area contributed by atoms with E-state index in [1.54, 1.807) is 0 Å². The molecule has 1 N–H and O–H groups in total. The second-order valence-electron chi connectivity index (χ2n) is 6.00. The third-order valence-corrected chi connectivity index (χ3v) is 4.21. The van der Waals surface area contributed by atoms with Gasteiger partial charge in [-0.3, -0.25) is 0 Å². The van der Waals surface area contributed by atoms with E-state index in [0.29, 0.717) is 6.04 Å². The molecule has 1 rings (SSSR count). The molecule has 0 saturated carbocycles. The molecule has 0 spiro atoms. The number of hydrogen-bond donors (Lipinski definition) is 1. The van der Waals surface area contributed by atoms with Gasteiger partial charge in [0.25, 0.3) is 0 Å². The van der Waals surface area contributed by atoms with Gasteiger partial charge in [-0.25, -0.2) is 0 Å². The molecular weight excluding hydrogens is 220 g/mol. The molecule has 0 radical (unpaired) electrons. The summed E-state index contributed by atoms with van der Waals surface area (Å²) in [5.74, 6) is 0. The maximum atomic E-state index is 3.83. The third kappa shape index (κ3) is 6.75. The zero-order valence-corrected chi connectivity index (χ0v) is 12.9. The van der Waals surface area contributed by atoms with Crippen LogP contribution in [0.1, 0.15) is 72.1 Å². The van der Waals surface area contributed by atoms with Crippen LogP contribution in [0.25, 0.3) is 0 Å². The van der Waals surface area contributed by atoms with Gasteiger partial charge in [-0.15, -0.1) is 0 Å². The maximum absolute atomic E-state index is 3.83. The van der Waals surface area contributed by atoms with E-state index in [1.165, 1.54) is 71.0 Å². The summed E-state index contributed by atoms with van der Waals surface area (Å²) < 4.78 is 0. The van der Waals surface area contributed by atoms with Crippen LogP contribution in [-0.4, -0.2) is 36.6 Å². The highest BCUT2D eigenvalue weighted by Gasteiger charge is 2.19. The van der Waals surface area contributed by atoms with Gasteiger partial charge in [-0.05, 0) is 39.3 Å². The van der Waals surface area contributed by atoms with E-state index in [9.17, 15) is 0 Å². The summed E-state index contributed by atoms with van der Waals surface area (Å²) in [7, 11) is 0. The fourth-order valence-corrected chi connectivity index (χ4v) is 3.02.